The monoisotopic (exact) mass is 402 g/mol. The van der Waals surface area contributed by atoms with Crippen LogP contribution in [0.5, 0.6) is 0 Å². The van der Waals surface area contributed by atoms with Crippen molar-refractivity contribution < 1.29 is 27.9 Å². The fourth-order valence-electron chi connectivity index (χ4n) is 1.35. The molecule has 0 spiro atoms. The summed E-state index contributed by atoms with van der Waals surface area (Å²) in [5, 5.41) is 10.8. The van der Waals surface area contributed by atoms with Crippen LogP contribution < -0.4 is 5.32 Å². The molecule has 0 bridgehead atoms. The minimum atomic E-state index is -4.67. The Morgan fingerprint density at radius 2 is 2.00 bits per heavy atom. The molecule has 9 heteroatoms. The highest BCUT2D eigenvalue weighted by atomic mass is 127. The average molecular weight is 402 g/mol. The molecule has 0 saturated carbocycles. The summed E-state index contributed by atoms with van der Waals surface area (Å²) in [6, 6.07) is 5.27. The van der Waals surface area contributed by atoms with Crippen molar-refractivity contribution in [3.8, 4) is 0 Å². The summed E-state index contributed by atoms with van der Waals surface area (Å²) in [5.74, 6) is -1.52. The van der Waals surface area contributed by atoms with Gasteiger partial charge in [-0.1, -0.05) is 6.07 Å². The van der Waals surface area contributed by atoms with Gasteiger partial charge >= 0.3 is 18.2 Å². The van der Waals surface area contributed by atoms with Crippen molar-refractivity contribution in [1.29, 1.82) is 0 Å². The molecule has 110 valence electrons. The van der Waals surface area contributed by atoms with Crippen LogP contribution in [0, 0.1) is 3.57 Å². The van der Waals surface area contributed by atoms with E-state index in [1.165, 1.54) is 6.07 Å². The molecule has 0 fully saturated rings. The molecule has 1 aromatic rings. The Morgan fingerprint density at radius 1 is 1.35 bits per heavy atom. The largest absolute Gasteiger partial charge is 0.480 e. The van der Waals surface area contributed by atoms with Gasteiger partial charge in [-0.2, -0.15) is 13.2 Å². The van der Waals surface area contributed by atoms with Crippen LogP contribution in [-0.2, 0) is 4.79 Å². The molecule has 2 amide bonds. The van der Waals surface area contributed by atoms with Gasteiger partial charge in [-0.05, 0) is 40.8 Å². The number of carbonyl (C=O) groups is 2. The Morgan fingerprint density at radius 3 is 2.50 bits per heavy atom. The molecule has 0 aliphatic heterocycles. The Balaban J connectivity index is 2.79. The maximum Gasteiger partial charge on any atom is 0.406 e. The van der Waals surface area contributed by atoms with Gasteiger partial charge in [0.05, 0.1) is 0 Å². The highest BCUT2D eigenvalue weighted by Gasteiger charge is 2.34. The molecule has 0 aliphatic rings. The van der Waals surface area contributed by atoms with Crippen LogP contribution in [0.3, 0.4) is 0 Å². The van der Waals surface area contributed by atoms with Crippen molar-refractivity contribution >= 4 is 40.3 Å². The third kappa shape index (κ3) is 6.08. The summed E-state index contributed by atoms with van der Waals surface area (Å²) >= 11 is 1.97. The molecular formula is C11H10F3IN2O3. The molecule has 0 radical (unpaired) electrons. The summed E-state index contributed by atoms with van der Waals surface area (Å²) in [5.41, 5.74) is 0.291. The van der Waals surface area contributed by atoms with E-state index < -0.39 is 31.3 Å². The number of urea groups is 1. The van der Waals surface area contributed by atoms with Gasteiger partial charge in [-0.15, -0.1) is 0 Å². The summed E-state index contributed by atoms with van der Waals surface area (Å²) in [4.78, 5) is 22.4. The predicted octanol–water partition coefficient (Wildman–Crippen LogP) is 2.77. The number of nitrogens with zero attached hydrogens (tertiary/aromatic N) is 1. The molecule has 5 nitrogen and oxygen atoms in total. The number of hydrogen-bond acceptors (Lipinski definition) is 2. The lowest BCUT2D eigenvalue weighted by Gasteiger charge is -2.22. The molecule has 0 aromatic heterocycles. The number of benzene rings is 1. The number of carbonyl (C=O) groups excluding carboxylic acids is 1. The number of carboxylic acid groups (broad SMARTS) is 1. The van der Waals surface area contributed by atoms with Crippen molar-refractivity contribution in [2.75, 3.05) is 18.4 Å². The second-order valence-corrected chi connectivity index (χ2v) is 5.05. The van der Waals surface area contributed by atoms with Crippen LogP contribution in [0.2, 0.25) is 0 Å². The number of amides is 2. The van der Waals surface area contributed by atoms with Gasteiger partial charge in [0.2, 0.25) is 0 Å². The van der Waals surface area contributed by atoms with Crippen LogP contribution in [0.15, 0.2) is 24.3 Å². The van der Waals surface area contributed by atoms with E-state index in [2.05, 4.69) is 5.32 Å². The average Bonchev–Trinajstić information content (AvgIpc) is 2.25. The van der Waals surface area contributed by atoms with E-state index in [1.54, 1.807) is 18.2 Å². The van der Waals surface area contributed by atoms with Crippen molar-refractivity contribution in [3.63, 3.8) is 0 Å². The van der Waals surface area contributed by atoms with Gasteiger partial charge in [0.25, 0.3) is 0 Å². The van der Waals surface area contributed by atoms with E-state index in [1.807, 2.05) is 22.6 Å². The predicted molar refractivity (Wildman–Crippen MR) is 73.4 cm³/mol. The summed E-state index contributed by atoms with van der Waals surface area (Å²) in [6.45, 7) is -2.66. The van der Waals surface area contributed by atoms with Crippen molar-refractivity contribution in [2.24, 2.45) is 0 Å². The van der Waals surface area contributed by atoms with Crippen LogP contribution in [0.4, 0.5) is 23.7 Å². The number of anilines is 1. The number of aliphatic carboxylic acids is 1. The summed E-state index contributed by atoms with van der Waals surface area (Å²) in [6.07, 6.45) is -4.67. The maximum absolute atomic E-state index is 12.3. The molecule has 0 saturated heterocycles. The van der Waals surface area contributed by atoms with Crippen molar-refractivity contribution in [1.82, 2.24) is 4.90 Å². The SMILES string of the molecule is O=C(O)CN(CC(F)(F)F)C(=O)Nc1cccc(I)c1. The molecule has 0 unspecified atom stereocenters. The number of rotatable bonds is 4. The second kappa shape index (κ2) is 6.77. The highest BCUT2D eigenvalue weighted by molar-refractivity contribution is 14.1. The lowest BCUT2D eigenvalue weighted by atomic mass is 10.3. The van der Waals surface area contributed by atoms with Crippen LogP contribution >= 0.6 is 22.6 Å². The third-order valence-corrected chi connectivity index (χ3v) is 2.73. The Hall–Kier alpha value is -1.52. The van der Waals surface area contributed by atoms with Crippen LogP contribution in [-0.4, -0.2) is 41.3 Å². The van der Waals surface area contributed by atoms with E-state index in [0.717, 1.165) is 3.57 Å². The molecule has 20 heavy (non-hydrogen) atoms. The second-order valence-electron chi connectivity index (χ2n) is 3.81. The van der Waals surface area contributed by atoms with E-state index in [4.69, 9.17) is 5.11 Å². The third-order valence-electron chi connectivity index (χ3n) is 2.06. The molecule has 1 rings (SSSR count). The minimum absolute atomic E-state index is 0.183. The van der Waals surface area contributed by atoms with Gasteiger partial charge < -0.3 is 15.3 Å². The lowest BCUT2D eigenvalue weighted by Crippen LogP contribution is -2.44. The minimum Gasteiger partial charge on any atom is -0.480 e. The molecule has 2 N–H and O–H groups in total. The van der Waals surface area contributed by atoms with E-state index in [9.17, 15) is 22.8 Å². The summed E-state index contributed by atoms with van der Waals surface area (Å²) in [7, 11) is 0. The number of carboxylic acids is 1. The van der Waals surface area contributed by atoms with Crippen molar-refractivity contribution in [3.05, 3.63) is 27.8 Å². The topological polar surface area (TPSA) is 69.6 Å². The van der Waals surface area contributed by atoms with Gasteiger partial charge in [-0.3, -0.25) is 4.79 Å². The molecule has 0 heterocycles. The smallest absolute Gasteiger partial charge is 0.406 e. The first kappa shape index (κ1) is 16.5. The van der Waals surface area contributed by atoms with Gasteiger partial charge in [0.15, 0.2) is 0 Å². The highest BCUT2D eigenvalue weighted by Crippen LogP contribution is 2.18. The van der Waals surface area contributed by atoms with E-state index in [0.29, 0.717) is 5.69 Å². The molecule has 1 aromatic carbocycles. The van der Waals surface area contributed by atoms with Gasteiger partial charge in [-0.25, -0.2) is 4.79 Å². The van der Waals surface area contributed by atoms with Crippen LogP contribution in [0.1, 0.15) is 0 Å². The van der Waals surface area contributed by atoms with Gasteiger partial charge in [0.1, 0.15) is 13.1 Å². The first-order valence-electron chi connectivity index (χ1n) is 5.27. The quantitative estimate of drug-likeness (QED) is 0.762. The fraction of sp³-hybridized carbons (Fsp3) is 0.273. The van der Waals surface area contributed by atoms with Gasteiger partial charge in [0, 0.05) is 9.26 Å². The Kier molecular flexibility index (Phi) is 5.60. The standard InChI is InChI=1S/C11H10F3IN2O3/c12-11(13,14)6-17(5-9(18)19)10(20)16-8-3-1-2-7(15)4-8/h1-4H,5-6H2,(H,16,20)(H,18,19). The normalized spacial score (nSPS) is 11.0. The number of nitrogens with one attached hydrogen (secondary N) is 1. The van der Waals surface area contributed by atoms with E-state index in [-0.39, 0.29) is 4.90 Å². The fourth-order valence-corrected chi connectivity index (χ4v) is 1.89. The molecule has 0 aliphatic carbocycles. The molecule has 0 atom stereocenters. The van der Waals surface area contributed by atoms with Crippen molar-refractivity contribution in [2.45, 2.75) is 6.18 Å². The number of alkyl halides is 3. The number of halogens is 4. The first-order chi connectivity index (χ1) is 9.17. The van der Waals surface area contributed by atoms with Crippen LogP contribution in [0.25, 0.3) is 0 Å². The Bertz CT molecular complexity index is 508. The lowest BCUT2D eigenvalue weighted by molar-refractivity contribution is -0.148. The summed E-state index contributed by atoms with van der Waals surface area (Å²) < 4.78 is 37.7. The number of hydrogen-bond donors (Lipinski definition) is 2. The van der Waals surface area contributed by atoms with E-state index >= 15 is 0 Å². The zero-order chi connectivity index (χ0) is 15.3. The Labute approximate surface area is 125 Å². The zero-order valence-corrected chi connectivity index (χ0v) is 12.1. The first-order valence-corrected chi connectivity index (χ1v) is 6.35. The molecular weight excluding hydrogens is 392 g/mol. The maximum atomic E-state index is 12.3. The zero-order valence-electron chi connectivity index (χ0n) is 9.95.